The Balaban J connectivity index is 0.00000196. The first-order valence-corrected chi connectivity index (χ1v) is 8.58. The lowest BCUT2D eigenvalue weighted by Crippen LogP contribution is -1.99. The maximum atomic E-state index is 4.70. The third-order valence-electron chi connectivity index (χ3n) is 5.06. The SMILES string of the molecule is C=C/C(=C\NC)c1cnc2c(c1)C(C1=Cc3ccncc3C1C)=CC2.[HH]. The largest absolute Gasteiger partial charge is 0.393 e. The standard InChI is InChI=1S/C22H21N3.H2/c1-4-15(11-23-3)17-10-20-18(5-6-22(20)25-12-17)19-9-16-7-8-24-13-21(16)14(19)2;/h4-5,7-14,23H,1,6H2,2-3H3;1H/b15-11+;. The highest BCUT2D eigenvalue weighted by atomic mass is 14.8. The first-order valence-electron chi connectivity index (χ1n) is 8.58. The lowest BCUT2D eigenvalue weighted by atomic mass is 9.90. The second-order valence-electron chi connectivity index (χ2n) is 6.46. The van der Waals surface area contributed by atoms with Crippen molar-refractivity contribution >= 4 is 17.2 Å². The highest BCUT2D eigenvalue weighted by Crippen LogP contribution is 2.45. The molecule has 2 aliphatic carbocycles. The quantitative estimate of drug-likeness (QED) is 0.833. The van der Waals surface area contributed by atoms with Crippen LogP contribution in [0.25, 0.3) is 17.2 Å². The summed E-state index contributed by atoms with van der Waals surface area (Å²) in [5.41, 5.74) is 9.76. The summed E-state index contributed by atoms with van der Waals surface area (Å²) in [5.74, 6) is 0.358. The second kappa shape index (κ2) is 6.17. The molecule has 1 unspecified atom stereocenters. The summed E-state index contributed by atoms with van der Waals surface area (Å²) in [6.07, 6.45) is 15.1. The number of nitrogens with one attached hydrogen (secondary N) is 1. The molecule has 2 heterocycles. The van der Waals surface area contributed by atoms with Crippen molar-refractivity contribution in [3.8, 4) is 0 Å². The van der Waals surface area contributed by atoms with Gasteiger partial charge in [0.2, 0.25) is 0 Å². The summed E-state index contributed by atoms with van der Waals surface area (Å²) in [5, 5.41) is 3.08. The van der Waals surface area contributed by atoms with Gasteiger partial charge in [0, 0.05) is 56.7 Å². The molecule has 0 spiro atoms. The van der Waals surface area contributed by atoms with Crippen molar-refractivity contribution in [1.29, 1.82) is 0 Å². The van der Waals surface area contributed by atoms with Crippen molar-refractivity contribution in [2.24, 2.45) is 0 Å². The van der Waals surface area contributed by atoms with Crippen LogP contribution in [0.5, 0.6) is 0 Å². The minimum Gasteiger partial charge on any atom is -0.393 e. The fourth-order valence-electron chi connectivity index (χ4n) is 3.73. The smallest absolute Gasteiger partial charge is 0.0520 e. The highest BCUT2D eigenvalue weighted by molar-refractivity contribution is 5.92. The number of pyridine rings is 2. The van der Waals surface area contributed by atoms with E-state index in [0.717, 1.165) is 23.3 Å². The van der Waals surface area contributed by atoms with E-state index in [4.69, 9.17) is 4.98 Å². The van der Waals surface area contributed by atoms with Crippen molar-refractivity contribution in [1.82, 2.24) is 15.3 Å². The topological polar surface area (TPSA) is 37.8 Å². The van der Waals surface area contributed by atoms with Gasteiger partial charge in [-0.05, 0) is 40.0 Å². The van der Waals surface area contributed by atoms with E-state index >= 15 is 0 Å². The van der Waals surface area contributed by atoms with Gasteiger partial charge in [-0.2, -0.15) is 0 Å². The monoisotopic (exact) mass is 329 g/mol. The van der Waals surface area contributed by atoms with Crippen LogP contribution in [0.4, 0.5) is 0 Å². The number of aromatic nitrogens is 2. The Bertz CT molecular complexity index is 954. The summed E-state index contributed by atoms with van der Waals surface area (Å²) in [4.78, 5) is 8.99. The summed E-state index contributed by atoms with van der Waals surface area (Å²) in [6.45, 7) is 6.17. The third-order valence-corrected chi connectivity index (χ3v) is 5.06. The maximum Gasteiger partial charge on any atom is 0.0520 e. The predicted molar refractivity (Wildman–Crippen MR) is 106 cm³/mol. The number of allylic oxidation sites excluding steroid dienone is 5. The zero-order valence-corrected chi connectivity index (χ0v) is 14.6. The fourth-order valence-corrected chi connectivity index (χ4v) is 3.73. The number of hydrogen-bond acceptors (Lipinski definition) is 3. The van der Waals surface area contributed by atoms with Crippen molar-refractivity contribution < 1.29 is 1.43 Å². The normalized spacial score (nSPS) is 18.3. The average Bonchev–Trinajstić information content (AvgIpc) is 3.20. The first kappa shape index (κ1) is 15.6. The Morgan fingerprint density at radius 1 is 1.40 bits per heavy atom. The van der Waals surface area contributed by atoms with Crippen LogP contribution in [0.3, 0.4) is 0 Å². The average molecular weight is 329 g/mol. The minimum absolute atomic E-state index is 0. The van der Waals surface area contributed by atoms with Gasteiger partial charge < -0.3 is 5.32 Å². The van der Waals surface area contributed by atoms with Crippen molar-refractivity contribution in [3.63, 3.8) is 0 Å². The number of fused-ring (bicyclic) bond motifs is 2. The molecule has 126 valence electrons. The molecule has 0 saturated carbocycles. The van der Waals surface area contributed by atoms with Crippen LogP contribution in [0.2, 0.25) is 0 Å². The molecule has 0 aliphatic heterocycles. The zero-order valence-electron chi connectivity index (χ0n) is 14.6. The van der Waals surface area contributed by atoms with Gasteiger partial charge in [-0.25, -0.2) is 0 Å². The first-order chi connectivity index (χ1) is 12.2. The summed E-state index contributed by atoms with van der Waals surface area (Å²) in [6, 6.07) is 4.33. The number of nitrogens with zero attached hydrogens (tertiary/aromatic N) is 2. The van der Waals surface area contributed by atoms with Crippen LogP contribution in [-0.4, -0.2) is 17.0 Å². The molecule has 1 atom stereocenters. The van der Waals surface area contributed by atoms with Crippen LogP contribution in [0.1, 0.15) is 42.2 Å². The molecule has 2 aliphatic rings. The molecule has 0 amide bonds. The Morgan fingerprint density at radius 3 is 3.04 bits per heavy atom. The van der Waals surface area contributed by atoms with Gasteiger partial charge in [0.1, 0.15) is 0 Å². The molecule has 2 aromatic rings. The lowest BCUT2D eigenvalue weighted by molar-refractivity contribution is 0.941. The van der Waals surface area contributed by atoms with E-state index in [0.29, 0.717) is 5.92 Å². The van der Waals surface area contributed by atoms with Gasteiger partial charge in [-0.15, -0.1) is 0 Å². The molecule has 0 aromatic carbocycles. The van der Waals surface area contributed by atoms with E-state index < -0.39 is 0 Å². The van der Waals surface area contributed by atoms with Crippen LogP contribution in [0, 0.1) is 0 Å². The molecule has 2 aromatic heterocycles. The molecule has 25 heavy (non-hydrogen) atoms. The van der Waals surface area contributed by atoms with E-state index in [2.05, 4.69) is 48.1 Å². The Morgan fingerprint density at radius 2 is 2.28 bits per heavy atom. The Hall–Kier alpha value is -2.94. The van der Waals surface area contributed by atoms with Crippen molar-refractivity contribution in [2.45, 2.75) is 19.3 Å². The van der Waals surface area contributed by atoms with E-state index in [-0.39, 0.29) is 1.43 Å². The van der Waals surface area contributed by atoms with Gasteiger partial charge in [-0.3, -0.25) is 9.97 Å². The summed E-state index contributed by atoms with van der Waals surface area (Å²) >= 11 is 0. The lowest BCUT2D eigenvalue weighted by Gasteiger charge is -2.14. The van der Waals surface area contributed by atoms with Crippen LogP contribution < -0.4 is 5.32 Å². The number of rotatable bonds is 4. The fraction of sp³-hybridized carbons (Fsp3) is 0.182. The van der Waals surface area contributed by atoms with Gasteiger partial charge in [0.15, 0.2) is 0 Å². The van der Waals surface area contributed by atoms with Crippen LogP contribution in [-0.2, 0) is 6.42 Å². The molecular formula is C22H23N3. The molecule has 0 saturated heterocycles. The molecular weight excluding hydrogens is 306 g/mol. The second-order valence-corrected chi connectivity index (χ2v) is 6.46. The summed E-state index contributed by atoms with van der Waals surface area (Å²) in [7, 11) is 1.89. The summed E-state index contributed by atoms with van der Waals surface area (Å²) < 4.78 is 0. The maximum absolute atomic E-state index is 4.70. The van der Waals surface area contributed by atoms with Gasteiger partial charge in [0.25, 0.3) is 0 Å². The van der Waals surface area contributed by atoms with Crippen molar-refractivity contribution in [2.75, 3.05) is 7.05 Å². The van der Waals surface area contributed by atoms with E-state index in [1.54, 1.807) is 0 Å². The predicted octanol–water partition coefficient (Wildman–Crippen LogP) is 4.61. The van der Waals surface area contributed by atoms with Gasteiger partial charge in [0.05, 0.1) is 5.69 Å². The van der Waals surface area contributed by atoms with Crippen LogP contribution >= 0.6 is 0 Å². The Labute approximate surface area is 150 Å². The molecule has 0 fully saturated rings. The zero-order chi connectivity index (χ0) is 17.4. The molecule has 3 heteroatoms. The van der Waals surface area contributed by atoms with E-state index in [1.807, 2.05) is 37.9 Å². The van der Waals surface area contributed by atoms with Gasteiger partial charge >= 0.3 is 0 Å². The van der Waals surface area contributed by atoms with Crippen LogP contribution in [0.15, 0.2) is 61.2 Å². The molecule has 0 bridgehead atoms. The molecule has 4 rings (SSSR count). The highest BCUT2D eigenvalue weighted by Gasteiger charge is 2.28. The minimum atomic E-state index is 0. The molecule has 0 radical (unpaired) electrons. The van der Waals surface area contributed by atoms with E-state index in [1.165, 1.54) is 27.8 Å². The van der Waals surface area contributed by atoms with Gasteiger partial charge in [-0.1, -0.05) is 31.7 Å². The molecule has 1 N–H and O–H groups in total. The molecule has 3 nitrogen and oxygen atoms in total. The number of hydrogen-bond donors (Lipinski definition) is 1. The van der Waals surface area contributed by atoms with E-state index in [9.17, 15) is 0 Å². The third kappa shape index (κ3) is 2.52. The Kier molecular flexibility index (Phi) is 3.85. The van der Waals surface area contributed by atoms with Crippen molar-refractivity contribution in [3.05, 3.63) is 89.2 Å².